The van der Waals surface area contributed by atoms with E-state index in [1.165, 1.54) is 0 Å². The molecule has 0 spiro atoms. The number of hydrogen-bond donors (Lipinski definition) is 2. The second-order valence-electron chi connectivity index (χ2n) is 10.1. The Morgan fingerprint density at radius 3 is 1.45 bits per heavy atom. The number of benzene rings is 3. The van der Waals surface area contributed by atoms with Gasteiger partial charge in [-0.2, -0.15) is 9.97 Å². The van der Waals surface area contributed by atoms with Gasteiger partial charge in [-0.15, -0.1) is 0 Å². The molecule has 3 aromatic carbocycles. The number of nitrogens with one attached hydrogen (secondary N) is 2. The highest BCUT2D eigenvalue weighted by atomic mass is 15.2. The monoisotopic (exact) mass is 552 g/mol. The second-order valence-corrected chi connectivity index (χ2v) is 10.1. The molecule has 0 aliphatic rings. The summed E-state index contributed by atoms with van der Waals surface area (Å²) in [6.45, 7) is 4.18. The summed E-state index contributed by atoms with van der Waals surface area (Å²) < 4.78 is 3.92. The number of imidazole rings is 2. The van der Waals surface area contributed by atoms with E-state index in [0.717, 1.165) is 33.2 Å². The van der Waals surface area contributed by atoms with Crippen LogP contribution in [0, 0.1) is 0 Å². The Balaban J connectivity index is 1.20. The van der Waals surface area contributed by atoms with Crippen LogP contribution in [0.2, 0.25) is 0 Å². The third-order valence-electron chi connectivity index (χ3n) is 7.28. The Kier molecular flexibility index (Phi) is 6.48. The maximum atomic E-state index is 4.79. The van der Waals surface area contributed by atoms with E-state index in [1.54, 1.807) is 25.0 Å². The van der Waals surface area contributed by atoms with Crippen LogP contribution in [0.5, 0.6) is 0 Å². The van der Waals surface area contributed by atoms with Crippen molar-refractivity contribution in [3.05, 3.63) is 121 Å². The van der Waals surface area contributed by atoms with Crippen molar-refractivity contribution in [3.8, 4) is 11.6 Å². The van der Waals surface area contributed by atoms with Crippen molar-refractivity contribution >= 4 is 34.0 Å². The molecule has 10 heteroatoms. The summed E-state index contributed by atoms with van der Waals surface area (Å²) in [5.41, 5.74) is 5.76. The maximum absolute atomic E-state index is 4.79. The third kappa shape index (κ3) is 4.90. The lowest BCUT2D eigenvalue weighted by molar-refractivity contribution is 0.854. The summed E-state index contributed by atoms with van der Waals surface area (Å²) in [5.74, 6) is 2.51. The summed E-state index contributed by atoms with van der Waals surface area (Å²) >= 11 is 0. The second kappa shape index (κ2) is 10.7. The molecule has 206 valence electrons. The minimum absolute atomic E-state index is 0.0536. The molecule has 0 aliphatic carbocycles. The largest absolute Gasteiger partial charge is 0.348 e. The highest BCUT2D eigenvalue weighted by Gasteiger charge is 2.15. The Labute approximate surface area is 242 Å². The molecule has 4 heterocycles. The van der Waals surface area contributed by atoms with Crippen molar-refractivity contribution in [2.75, 3.05) is 10.6 Å². The molecule has 0 fully saturated rings. The molecular formula is C32H28N10. The number of rotatable bonds is 8. The zero-order valence-corrected chi connectivity index (χ0v) is 23.1. The molecule has 2 N–H and O–H groups in total. The van der Waals surface area contributed by atoms with Crippen molar-refractivity contribution < 1.29 is 0 Å². The van der Waals surface area contributed by atoms with Gasteiger partial charge >= 0.3 is 0 Å². The molecule has 0 saturated heterocycles. The quantitative estimate of drug-likeness (QED) is 0.226. The van der Waals surface area contributed by atoms with Crippen molar-refractivity contribution in [1.29, 1.82) is 0 Å². The van der Waals surface area contributed by atoms with Crippen LogP contribution >= 0.6 is 0 Å². The topological polar surface area (TPSA) is 111 Å². The smallest absolute Gasteiger partial charge is 0.225 e. The summed E-state index contributed by atoms with van der Waals surface area (Å²) in [7, 11) is 0. The zero-order chi connectivity index (χ0) is 28.5. The first-order valence-corrected chi connectivity index (χ1v) is 13.8. The summed E-state index contributed by atoms with van der Waals surface area (Å²) in [6.07, 6.45) is 7.06. The van der Waals surface area contributed by atoms with Crippen LogP contribution in [-0.4, -0.2) is 39.0 Å². The molecule has 7 rings (SSSR count). The minimum Gasteiger partial charge on any atom is -0.348 e. The molecule has 0 bridgehead atoms. The van der Waals surface area contributed by atoms with Gasteiger partial charge in [0.2, 0.25) is 11.9 Å². The fourth-order valence-electron chi connectivity index (χ4n) is 5.02. The molecule has 0 saturated carbocycles. The molecule has 0 radical (unpaired) electrons. The van der Waals surface area contributed by atoms with Gasteiger partial charge in [-0.1, -0.05) is 60.7 Å². The van der Waals surface area contributed by atoms with E-state index in [9.17, 15) is 0 Å². The number of anilines is 2. The summed E-state index contributed by atoms with van der Waals surface area (Å²) in [5, 5.41) is 6.81. The van der Waals surface area contributed by atoms with Crippen LogP contribution in [-0.2, 0) is 0 Å². The molecule has 42 heavy (non-hydrogen) atoms. The first kappa shape index (κ1) is 25.3. The molecule has 0 aliphatic heterocycles. The van der Waals surface area contributed by atoms with E-state index in [4.69, 9.17) is 9.97 Å². The van der Waals surface area contributed by atoms with Gasteiger partial charge in [0.05, 0.1) is 34.2 Å². The van der Waals surface area contributed by atoms with Crippen LogP contribution in [0.4, 0.5) is 11.9 Å². The molecule has 0 amide bonds. The summed E-state index contributed by atoms with van der Waals surface area (Å²) in [4.78, 5) is 27.8. The number of hydrogen-bond acceptors (Lipinski definition) is 8. The number of aromatic nitrogens is 8. The van der Waals surface area contributed by atoms with Gasteiger partial charge in [-0.3, -0.25) is 9.13 Å². The molecule has 7 aromatic rings. The predicted octanol–water partition coefficient (Wildman–Crippen LogP) is 6.29. The maximum Gasteiger partial charge on any atom is 0.225 e. The first-order valence-electron chi connectivity index (χ1n) is 13.8. The van der Waals surface area contributed by atoms with Gasteiger partial charge in [-0.25, -0.2) is 19.9 Å². The number of fused-ring (bicyclic) bond motifs is 2. The van der Waals surface area contributed by atoms with E-state index < -0.39 is 0 Å². The Bertz CT molecular complexity index is 1840. The third-order valence-corrected chi connectivity index (χ3v) is 7.28. The molecule has 10 nitrogen and oxygen atoms in total. The van der Waals surface area contributed by atoms with E-state index in [0.29, 0.717) is 23.5 Å². The van der Waals surface area contributed by atoms with E-state index in [-0.39, 0.29) is 12.1 Å². The zero-order valence-electron chi connectivity index (χ0n) is 23.1. The standard InChI is InChI=1S/C32H28N10/c1-21(23-9-5-3-6-10-23)37-31-33-15-13-29(39-31)41-19-35-25-17-26-28(18-27(25)41)42(20-36-26)30-14-16-34-32(40-30)38-22(2)24-11-7-4-8-12-24/h3-22H,1-2H3,(H,33,37,39)(H,34,38,40)/t21-,22-/m0/s1. The fourth-order valence-corrected chi connectivity index (χ4v) is 5.02. The van der Waals surface area contributed by atoms with Crippen LogP contribution in [0.25, 0.3) is 33.7 Å². The Morgan fingerprint density at radius 1 is 0.548 bits per heavy atom. The average Bonchev–Trinajstić information content (AvgIpc) is 3.65. The van der Waals surface area contributed by atoms with E-state index in [1.807, 2.05) is 63.7 Å². The van der Waals surface area contributed by atoms with Crippen LogP contribution < -0.4 is 10.6 Å². The van der Waals surface area contributed by atoms with Gasteiger partial charge < -0.3 is 10.6 Å². The van der Waals surface area contributed by atoms with Gasteiger partial charge in [0.15, 0.2) is 0 Å². The van der Waals surface area contributed by atoms with Gasteiger partial charge in [0.1, 0.15) is 24.3 Å². The highest BCUT2D eigenvalue weighted by Crippen LogP contribution is 2.26. The van der Waals surface area contributed by atoms with Crippen LogP contribution in [0.15, 0.2) is 110 Å². The molecule has 0 unspecified atom stereocenters. The lowest BCUT2D eigenvalue weighted by Crippen LogP contribution is -2.10. The minimum atomic E-state index is 0.0536. The van der Waals surface area contributed by atoms with E-state index >= 15 is 0 Å². The molecule has 2 atom stereocenters. The predicted molar refractivity (Wildman–Crippen MR) is 164 cm³/mol. The van der Waals surface area contributed by atoms with Crippen molar-refractivity contribution in [2.24, 2.45) is 0 Å². The van der Waals surface area contributed by atoms with E-state index in [2.05, 4.69) is 74.7 Å². The summed E-state index contributed by atoms with van der Waals surface area (Å²) in [6, 6.07) is 28.3. The molecular weight excluding hydrogens is 524 g/mol. The Hall–Kier alpha value is -5.64. The SMILES string of the molecule is C[C@H](Nc1nccc(-n2cnc3cc4ncn(-c5ccnc(N[C@@H](C)c6ccccc6)n5)c4cc32)n1)c1ccccc1. The van der Waals surface area contributed by atoms with Gasteiger partial charge in [0, 0.05) is 12.4 Å². The highest BCUT2D eigenvalue weighted by molar-refractivity contribution is 5.93. The van der Waals surface area contributed by atoms with Crippen molar-refractivity contribution in [1.82, 2.24) is 39.0 Å². The average molecular weight is 553 g/mol. The lowest BCUT2D eigenvalue weighted by Gasteiger charge is -2.15. The van der Waals surface area contributed by atoms with Crippen LogP contribution in [0.3, 0.4) is 0 Å². The lowest BCUT2D eigenvalue weighted by atomic mass is 10.1. The fraction of sp³-hybridized carbons (Fsp3) is 0.125. The molecule has 4 aromatic heterocycles. The van der Waals surface area contributed by atoms with Crippen LogP contribution in [0.1, 0.15) is 37.1 Å². The Morgan fingerprint density at radius 2 is 1.00 bits per heavy atom. The first-order chi connectivity index (χ1) is 20.6. The van der Waals surface area contributed by atoms with Crippen molar-refractivity contribution in [3.63, 3.8) is 0 Å². The van der Waals surface area contributed by atoms with Gasteiger partial charge in [0.25, 0.3) is 0 Å². The number of nitrogens with zero attached hydrogens (tertiary/aromatic N) is 8. The normalized spacial score (nSPS) is 12.8. The van der Waals surface area contributed by atoms with Gasteiger partial charge in [-0.05, 0) is 49.2 Å². The van der Waals surface area contributed by atoms with Crippen molar-refractivity contribution in [2.45, 2.75) is 25.9 Å².